The highest BCUT2D eigenvalue weighted by molar-refractivity contribution is 6.17. The number of halogens is 1. The SMILES string of the molecule is C=CCCCOCCOCCOc1ccc(CCl)cc1OCCOCCOCCCC=C.C=CCCCOCCOCCOc1ccc(COc2ccc(-c3ccc(C(=O)OC)cc3)cc2)cc1OCCOCCOCCCC=C.COC(=O)c1ccc(-c2ccc(O)cc2)cc1. The minimum absolute atomic E-state index is 0.236. The van der Waals surface area contributed by atoms with Crippen LogP contribution >= 0.6 is 11.6 Å². The molecule has 19 heteroatoms. The average molecular weight is 1360 g/mol. The van der Waals surface area contributed by atoms with E-state index in [1.165, 1.54) is 14.2 Å². The molecule has 0 aromatic heterocycles. The summed E-state index contributed by atoms with van der Waals surface area (Å²) in [7, 11) is 2.73. The molecule has 0 atom stereocenters. The number of esters is 2. The minimum atomic E-state index is -0.357. The Morgan fingerprint density at radius 1 is 0.351 bits per heavy atom. The van der Waals surface area contributed by atoms with E-state index in [9.17, 15) is 14.7 Å². The van der Waals surface area contributed by atoms with Gasteiger partial charge in [0.2, 0.25) is 0 Å². The van der Waals surface area contributed by atoms with Crippen LogP contribution in [0.25, 0.3) is 22.3 Å². The summed E-state index contributed by atoms with van der Waals surface area (Å²) in [6.45, 7) is 25.7. The molecule has 0 bridgehead atoms. The Bertz CT molecular complexity index is 3050. The van der Waals surface area contributed by atoms with Gasteiger partial charge in [-0.05, 0) is 158 Å². The van der Waals surface area contributed by atoms with Crippen LogP contribution in [0.4, 0.5) is 0 Å². The Kier molecular flexibility index (Phi) is 45.4. The van der Waals surface area contributed by atoms with E-state index in [0.29, 0.717) is 166 Å². The number of methoxy groups -OCH3 is 2. The normalized spacial score (nSPS) is 10.6. The van der Waals surface area contributed by atoms with Gasteiger partial charge in [-0.15, -0.1) is 37.9 Å². The predicted molar refractivity (Wildman–Crippen MR) is 381 cm³/mol. The van der Waals surface area contributed by atoms with Crippen molar-refractivity contribution in [2.45, 2.75) is 63.9 Å². The number of phenols is 1. The number of carbonyl (C=O) groups excluding carboxylic acids is 2. The second-order valence-electron chi connectivity index (χ2n) is 21.2. The molecule has 6 aromatic rings. The number of aromatic hydroxyl groups is 1. The molecule has 0 fully saturated rings. The van der Waals surface area contributed by atoms with Crippen LogP contribution in [-0.4, -0.2) is 163 Å². The number of ether oxygens (including phenoxy) is 15. The van der Waals surface area contributed by atoms with Crippen LogP contribution in [0.5, 0.6) is 34.5 Å². The highest BCUT2D eigenvalue weighted by Crippen LogP contribution is 2.31. The highest BCUT2D eigenvalue weighted by atomic mass is 35.5. The molecule has 1 N–H and O–H groups in total. The molecule has 0 radical (unpaired) electrons. The van der Waals surface area contributed by atoms with Crippen LogP contribution in [0, 0.1) is 0 Å². The molecule has 97 heavy (non-hydrogen) atoms. The van der Waals surface area contributed by atoms with Gasteiger partial charge in [0.1, 0.15) is 44.5 Å². The number of rotatable bonds is 52. The molecule has 0 unspecified atom stereocenters. The monoisotopic (exact) mass is 1360 g/mol. The topological polar surface area (TPSA) is 193 Å². The molecule has 0 amide bonds. The number of allylic oxidation sites excluding steroid dienone is 4. The lowest BCUT2D eigenvalue weighted by Crippen LogP contribution is -2.13. The summed E-state index contributed by atoms with van der Waals surface area (Å²) < 4.78 is 83.7. The Balaban J connectivity index is 0.000000348. The third-order valence-electron chi connectivity index (χ3n) is 13.8. The first-order valence-corrected chi connectivity index (χ1v) is 33.5. The maximum Gasteiger partial charge on any atom is 0.337 e. The smallest absolute Gasteiger partial charge is 0.337 e. The van der Waals surface area contributed by atoms with Crippen LogP contribution in [0.1, 0.15) is 83.2 Å². The van der Waals surface area contributed by atoms with Crippen molar-refractivity contribution < 1.29 is 85.7 Å². The molecule has 0 aliphatic heterocycles. The number of unbranched alkanes of at least 4 members (excludes halogenated alkanes) is 4. The Hall–Kier alpha value is -8.01. The lowest BCUT2D eigenvalue weighted by atomic mass is 10.0. The van der Waals surface area contributed by atoms with E-state index in [4.69, 9.17) is 77.9 Å². The zero-order chi connectivity index (χ0) is 69.4. The summed E-state index contributed by atoms with van der Waals surface area (Å²) in [4.78, 5) is 23.0. The van der Waals surface area contributed by atoms with Gasteiger partial charge in [0, 0.05) is 32.3 Å². The standard InChI is InChI=1S/C39H50O9.C25H39ClO6.C14H12O3/c1-4-6-8-20-42-22-24-44-26-28-46-37-19-10-32(30-38(37)47-29-27-45-25-23-43-21-9-7-5-2)31-48-36-17-15-34(16-18-36)33-11-13-35(14-12-33)39(40)41-3;1-3-5-7-11-27-13-15-29-17-19-31-24-10-9-23(22-26)21-25(24)32-20-18-30-16-14-28-12-8-6-4-2;1-17-14(16)12-4-2-10(3-5-12)11-6-8-13(15)9-7-11/h4-5,10-19,30H,1-2,6-9,20-29,31H2,3H3;3-4,9-10,21H,1-2,5-8,11-20,22H2;2-9,15H,1H3. The lowest BCUT2D eigenvalue weighted by Gasteiger charge is -2.15. The molecule has 0 aliphatic rings. The average Bonchev–Trinajstić information content (AvgIpc) is 1.06. The number of alkyl halides is 1. The quantitative estimate of drug-likeness (QED) is 0.0164. The number of phenolic OH excluding ortho intramolecular Hbond substituents is 1. The minimum Gasteiger partial charge on any atom is -0.508 e. The van der Waals surface area contributed by atoms with Gasteiger partial charge in [0.05, 0.1) is 105 Å². The van der Waals surface area contributed by atoms with Crippen LogP contribution < -0.4 is 23.7 Å². The molecule has 6 aromatic carbocycles. The van der Waals surface area contributed by atoms with Gasteiger partial charge in [0.15, 0.2) is 23.0 Å². The molecular weight excluding hydrogens is 1260 g/mol. The van der Waals surface area contributed by atoms with E-state index >= 15 is 0 Å². The molecule has 0 heterocycles. The third-order valence-corrected chi connectivity index (χ3v) is 14.1. The van der Waals surface area contributed by atoms with Crippen molar-refractivity contribution in [2.24, 2.45) is 0 Å². The van der Waals surface area contributed by atoms with Crippen molar-refractivity contribution >= 4 is 23.5 Å². The number of hydrogen-bond acceptors (Lipinski definition) is 18. The largest absolute Gasteiger partial charge is 0.508 e. The molecule has 0 saturated heterocycles. The number of hydrogen-bond donors (Lipinski definition) is 1. The molecule has 0 spiro atoms. The van der Waals surface area contributed by atoms with Crippen molar-refractivity contribution in [2.75, 3.05) is 146 Å². The zero-order valence-corrected chi connectivity index (χ0v) is 57.6. The van der Waals surface area contributed by atoms with Crippen molar-refractivity contribution in [1.29, 1.82) is 0 Å². The summed E-state index contributed by atoms with van der Waals surface area (Å²) in [5.74, 6) is 3.21. The van der Waals surface area contributed by atoms with Crippen molar-refractivity contribution in [3.63, 3.8) is 0 Å². The first-order chi connectivity index (χ1) is 47.7. The lowest BCUT2D eigenvalue weighted by molar-refractivity contribution is 0.0326. The molecule has 0 aliphatic carbocycles. The van der Waals surface area contributed by atoms with E-state index in [2.05, 4.69) is 31.1 Å². The highest BCUT2D eigenvalue weighted by Gasteiger charge is 2.12. The van der Waals surface area contributed by atoms with E-state index in [0.717, 1.165) is 104 Å². The first kappa shape index (κ1) is 81.4. The van der Waals surface area contributed by atoms with Crippen molar-refractivity contribution in [1.82, 2.24) is 0 Å². The van der Waals surface area contributed by atoms with Gasteiger partial charge in [0.25, 0.3) is 0 Å². The number of benzene rings is 6. The van der Waals surface area contributed by atoms with Crippen LogP contribution in [0.15, 0.2) is 184 Å². The maximum absolute atomic E-state index is 11.7. The van der Waals surface area contributed by atoms with E-state index in [-0.39, 0.29) is 17.7 Å². The molecule has 528 valence electrons. The summed E-state index contributed by atoms with van der Waals surface area (Å²) >= 11 is 5.95. The summed E-state index contributed by atoms with van der Waals surface area (Å²) in [5, 5.41) is 9.19. The Labute approximate surface area is 579 Å². The Morgan fingerprint density at radius 3 is 0.969 bits per heavy atom. The Morgan fingerprint density at radius 2 is 0.639 bits per heavy atom. The van der Waals surface area contributed by atoms with E-state index in [1.807, 2.05) is 121 Å². The van der Waals surface area contributed by atoms with Crippen LogP contribution in [0.3, 0.4) is 0 Å². The van der Waals surface area contributed by atoms with Crippen molar-refractivity contribution in [3.05, 3.63) is 206 Å². The maximum atomic E-state index is 11.7. The summed E-state index contributed by atoms with van der Waals surface area (Å²) in [5.41, 5.74) is 6.90. The fraction of sp³-hybridized carbons (Fsp3) is 0.410. The summed E-state index contributed by atoms with van der Waals surface area (Å²) in [6, 6.07) is 40.6. The zero-order valence-electron chi connectivity index (χ0n) is 56.8. The molecule has 0 saturated carbocycles. The van der Waals surface area contributed by atoms with Crippen molar-refractivity contribution in [3.8, 4) is 56.8 Å². The number of carbonyl (C=O) groups is 2. The van der Waals surface area contributed by atoms with E-state index < -0.39 is 0 Å². The van der Waals surface area contributed by atoms with Gasteiger partial charge in [-0.25, -0.2) is 9.59 Å². The van der Waals surface area contributed by atoms with Gasteiger partial charge in [-0.1, -0.05) is 85.0 Å². The molecule has 6 rings (SSSR count). The van der Waals surface area contributed by atoms with Crippen LogP contribution in [0.2, 0.25) is 0 Å². The van der Waals surface area contributed by atoms with Gasteiger partial charge in [-0.2, -0.15) is 0 Å². The van der Waals surface area contributed by atoms with Crippen LogP contribution in [-0.2, 0) is 59.9 Å². The van der Waals surface area contributed by atoms with E-state index in [1.54, 1.807) is 36.4 Å². The molecular formula is C78H101ClO18. The van der Waals surface area contributed by atoms with Gasteiger partial charge < -0.3 is 76.2 Å². The second-order valence-corrected chi connectivity index (χ2v) is 21.5. The fourth-order valence-corrected chi connectivity index (χ4v) is 8.75. The third kappa shape index (κ3) is 36.8. The first-order valence-electron chi connectivity index (χ1n) is 32.9. The second kappa shape index (κ2) is 54.1. The van der Waals surface area contributed by atoms with Gasteiger partial charge >= 0.3 is 11.9 Å². The predicted octanol–water partition coefficient (Wildman–Crippen LogP) is 15.5. The fourth-order valence-electron chi connectivity index (χ4n) is 8.59. The summed E-state index contributed by atoms with van der Waals surface area (Å²) in [6.07, 6.45) is 15.3. The molecule has 18 nitrogen and oxygen atoms in total. The van der Waals surface area contributed by atoms with Gasteiger partial charge in [-0.3, -0.25) is 0 Å².